The molecule has 1 aromatic carbocycles. The van der Waals surface area contributed by atoms with Crippen LogP contribution in [0.15, 0.2) is 29.1 Å². The molecule has 1 amide bonds. The van der Waals surface area contributed by atoms with Gasteiger partial charge in [0.05, 0.1) is 47.7 Å². The Labute approximate surface area is 228 Å². The van der Waals surface area contributed by atoms with Gasteiger partial charge >= 0.3 is 0 Å². The molecular formula is C24H26ClN9O4S. The summed E-state index contributed by atoms with van der Waals surface area (Å²) in [7, 11) is -2.16. The van der Waals surface area contributed by atoms with Crippen LogP contribution in [0.5, 0.6) is 0 Å². The molecule has 0 unspecified atom stereocenters. The number of aromatic amines is 1. The average Bonchev–Trinajstić information content (AvgIpc) is 3.43. The van der Waals surface area contributed by atoms with E-state index in [1.165, 1.54) is 16.7 Å². The number of nitrogen functional groups attached to an aromatic ring is 1. The molecule has 1 aliphatic rings. The molecule has 0 spiro atoms. The number of hydrogen-bond donors (Lipinski definition) is 4. The Bertz CT molecular complexity index is 1820. The zero-order valence-corrected chi connectivity index (χ0v) is 23.1. The minimum atomic E-state index is -3.83. The summed E-state index contributed by atoms with van der Waals surface area (Å²) in [4.78, 5) is 37.0. The van der Waals surface area contributed by atoms with Gasteiger partial charge in [0.25, 0.3) is 11.5 Å². The molecule has 4 aromatic rings. The molecule has 5 N–H and O–H groups in total. The fourth-order valence-corrected chi connectivity index (χ4v) is 5.29. The summed E-state index contributed by atoms with van der Waals surface area (Å²) >= 11 is 6.00. The van der Waals surface area contributed by atoms with Crippen molar-refractivity contribution in [3.05, 3.63) is 67.9 Å². The molecule has 204 valence electrons. The topological polar surface area (TPSA) is 181 Å². The van der Waals surface area contributed by atoms with Gasteiger partial charge in [-0.05, 0) is 37.6 Å². The van der Waals surface area contributed by atoms with Crippen molar-refractivity contribution in [1.29, 1.82) is 0 Å². The van der Waals surface area contributed by atoms with Crippen LogP contribution < -0.4 is 26.2 Å². The van der Waals surface area contributed by atoms with Crippen molar-refractivity contribution in [1.82, 2.24) is 29.5 Å². The molecule has 39 heavy (non-hydrogen) atoms. The first-order valence-corrected chi connectivity index (χ1v) is 14.1. The highest BCUT2D eigenvalue weighted by Crippen LogP contribution is 2.32. The van der Waals surface area contributed by atoms with Gasteiger partial charge in [-0.25, -0.2) is 23.1 Å². The number of fused-ring (bicyclic) bond motifs is 2. The number of nitrogens with one attached hydrogen (secondary N) is 3. The van der Waals surface area contributed by atoms with Crippen LogP contribution in [0.25, 0.3) is 10.9 Å². The van der Waals surface area contributed by atoms with Crippen molar-refractivity contribution in [2.75, 3.05) is 22.2 Å². The molecular weight excluding hydrogens is 546 g/mol. The molecule has 5 rings (SSSR count). The zero-order chi connectivity index (χ0) is 28.2. The molecule has 0 fully saturated rings. The second kappa shape index (κ2) is 9.54. The summed E-state index contributed by atoms with van der Waals surface area (Å²) in [5, 5.41) is 10.6. The lowest BCUT2D eigenvalue weighted by Gasteiger charge is -2.23. The third-order valence-corrected chi connectivity index (χ3v) is 7.26. The highest BCUT2D eigenvalue weighted by atomic mass is 35.5. The van der Waals surface area contributed by atoms with Gasteiger partial charge in [-0.15, -0.1) is 0 Å². The smallest absolute Gasteiger partial charge is 0.285 e. The molecule has 15 heteroatoms. The molecule has 0 bridgehead atoms. The number of pyridine rings is 1. The van der Waals surface area contributed by atoms with E-state index in [9.17, 15) is 18.0 Å². The highest BCUT2D eigenvalue weighted by molar-refractivity contribution is 7.89. The molecule has 0 saturated carbocycles. The lowest BCUT2D eigenvalue weighted by molar-refractivity contribution is 0.0977. The van der Waals surface area contributed by atoms with E-state index in [0.29, 0.717) is 41.3 Å². The third kappa shape index (κ3) is 5.00. The van der Waals surface area contributed by atoms with Crippen LogP contribution in [0, 0.1) is 6.92 Å². The Morgan fingerprint density at radius 3 is 2.67 bits per heavy atom. The second-order valence-corrected chi connectivity index (χ2v) is 11.7. The standard InChI is InChI=1S/C24H26ClN9O4S/c1-11-7-13(12(2)27-16-5-6-18(25)28-20(16)22(35)32-39(4,37)38)19-14(8-11)23(36)33(3)24(29-19)34-9-15-17(10-34)30-31-21(15)26/h5-8,12,27H,9-10H2,1-4H3,(H,32,35)(H3,26,30,31)/t12-/m1/s1. The van der Waals surface area contributed by atoms with Gasteiger partial charge in [-0.2, -0.15) is 5.10 Å². The number of benzene rings is 1. The number of anilines is 3. The Balaban J connectivity index is 1.57. The van der Waals surface area contributed by atoms with E-state index in [1.54, 1.807) is 13.1 Å². The summed E-state index contributed by atoms with van der Waals surface area (Å²) < 4.78 is 26.7. The van der Waals surface area contributed by atoms with E-state index in [-0.39, 0.29) is 22.1 Å². The van der Waals surface area contributed by atoms with E-state index < -0.39 is 22.0 Å². The number of nitrogens with zero attached hydrogens (tertiary/aromatic N) is 5. The predicted octanol–water partition coefficient (Wildman–Crippen LogP) is 1.98. The van der Waals surface area contributed by atoms with Crippen molar-refractivity contribution in [3.63, 3.8) is 0 Å². The Kier molecular flexibility index (Phi) is 6.47. The zero-order valence-electron chi connectivity index (χ0n) is 21.5. The number of aromatic nitrogens is 5. The van der Waals surface area contributed by atoms with Crippen molar-refractivity contribution < 1.29 is 13.2 Å². The number of amides is 1. The molecule has 1 aliphatic heterocycles. The summed E-state index contributed by atoms with van der Waals surface area (Å²) in [6.07, 6.45) is 0.871. The van der Waals surface area contributed by atoms with Gasteiger partial charge in [0.1, 0.15) is 5.15 Å². The molecule has 4 heterocycles. The van der Waals surface area contributed by atoms with Crippen molar-refractivity contribution in [3.8, 4) is 0 Å². The fourth-order valence-electron chi connectivity index (χ4n) is 4.71. The second-order valence-electron chi connectivity index (χ2n) is 9.55. The number of aryl methyl sites for hydroxylation is 1. The Morgan fingerprint density at radius 1 is 1.23 bits per heavy atom. The summed E-state index contributed by atoms with van der Waals surface area (Å²) in [6, 6.07) is 6.24. The monoisotopic (exact) mass is 571 g/mol. The summed E-state index contributed by atoms with van der Waals surface area (Å²) in [5.74, 6) is -0.0426. The van der Waals surface area contributed by atoms with E-state index in [2.05, 4.69) is 20.5 Å². The lowest BCUT2D eigenvalue weighted by atomic mass is 10.0. The van der Waals surface area contributed by atoms with Crippen LogP contribution in [0.1, 0.15) is 45.8 Å². The maximum Gasteiger partial charge on any atom is 0.285 e. The van der Waals surface area contributed by atoms with Crippen LogP contribution in [-0.4, -0.2) is 45.3 Å². The van der Waals surface area contributed by atoms with Crippen LogP contribution in [0.2, 0.25) is 5.15 Å². The van der Waals surface area contributed by atoms with Crippen LogP contribution in [0.4, 0.5) is 17.5 Å². The van der Waals surface area contributed by atoms with E-state index in [0.717, 1.165) is 23.1 Å². The molecule has 1 atom stereocenters. The van der Waals surface area contributed by atoms with E-state index in [4.69, 9.17) is 22.3 Å². The third-order valence-electron chi connectivity index (χ3n) is 6.49. The van der Waals surface area contributed by atoms with Gasteiger partial charge in [-0.3, -0.25) is 19.3 Å². The predicted molar refractivity (Wildman–Crippen MR) is 148 cm³/mol. The maximum atomic E-state index is 13.5. The minimum absolute atomic E-state index is 0.0222. The highest BCUT2D eigenvalue weighted by Gasteiger charge is 2.28. The number of hydrogen-bond acceptors (Lipinski definition) is 10. The Morgan fingerprint density at radius 2 is 1.97 bits per heavy atom. The number of carbonyl (C=O) groups excluding carboxylic acids is 1. The van der Waals surface area contributed by atoms with Crippen molar-refractivity contribution >= 4 is 55.9 Å². The molecule has 13 nitrogen and oxygen atoms in total. The number of halogens is 1. The first kappa shape index (κ1) is 26.4. The Hall–Kier alpha value is -4.17. The van der Waals surface area contributed by atoms with Gasteiger partial charge in [-0.1, -0.05) is 17.7 Å². The average molecular weight is 572 g/mol. The largest absolute Gasteiger partial charge is 0.382 e. The van der Waals surface area contributed by atoms with Crippen LogP contribution in [-0.2, 0) is 30.2 Å². The number of carbonyl (C=O) groups is 1. The lowest BCUT2D eigenvalue weighted by Crippen LogP contribution is -2.31. The van der Waals surface area contributed by atoms with Crippen LogP contribution >= 0.6 is 11.6 Å². The summed E-state index contributed by atoms with van der Waals surface area (Å²) in [5.41, 5.74) is 9.62. The first-order chi connectivity index (χ1) is 18.3. The summed E-state index contributed by atoms with van der Waals surface area (Å²) in [6.45, 7) is 4.64. The van der Waals surface area contributed by atoms with E-state index in [1.807, 2.05) is 29.5 Å². The number of rotatable bonds is 6. The molecule has 3 aromatic heterocycles. The van der Waals surface area contributed by atoms with Gasteiger partial charge in [0.2, 0.25) is 16.0 Å². The van der Waals surface area contributed by atoms with Crippen LogP contribution in [0.3, 0.4) is 0 Å². The van der Waals surface area contributed by atoms with Crippen molar-refractivity contribution in [2.24, 2.45) is 7.05 Å². The first-order valence-electron chi connectivity index (χ1n) is 11.9. The minimum Gasteiger partial charge on any atom is -0.382 e. The molecule has 0 aliphatic carbocycles. The number of nitrogens with two attached hydrogens (primary N) is 1. The molecule has 0 saturated heterocycles. The number of H-pyrrole nitrogens is 1. The SMILES string of the molecule is Cc1cc([C@@H](C)Nc2ccc(Cl)nc2C(=O)NS(C)(=O)=O)c2nc(N3Cc4[nH]nc(N)c4C3)n(C)c(=O)c2c1. The van der Waals surface area contributed by atoms with Gasteiger partial charge in [0.15, 0.2) is 11.5 Å². The molecule has 0 radical (unpaired) electrons. The van der Waals surface area contributed by atoms with Gasteiger partial charge < -0.3 is 16.0 Å². The van der Waals surface area contributed by atoms with Crippen molar-refractivity contribution in [2.45, 2.75) is 33.0 Å². The normalized spacial score (nSPS) is 13.9. The van der Waals surface area contributed by atoms with Gasteiger partial charge in [0, 0.05) is 18.2 Å². The fraction of sp³-hybridized carbons (Fsp3) is 0.292. The quantitative estimate of drug-likeness (QED) is 0.250. The maximum absolute atomic E-state index is 13.5. The number of sulfonamides is 1. The van der Waals surface area contributed by atoms with E-state index >= 15 is 0 Å².